The van der Waals surface area contributed by atoms with Crippen molar-refractivity contribution in [1.29, 1.82) is 0 Å². The molecule has 1 unspecified atom stereocenters. The maximum absolute atomic E-state index is 12.6. The van der Waals surface area contributed by atoms with Gasteiger partial charge in [-0.15, -0.1) is 0 Å². The average Bonchev–Trinajstić information content (AvgIpc) is 2.92. The van der Waals surface area contributed by atoms with Crippen LogP contribution < -0.4 is 10.6 Å². The maximum Gasteiger partial charge on any atom is 0.239 e. The van der Waals surface area contributed by atoms with Gasteiger partial charge in [-0.05, 0) is 37.5 Å². The average molecular weight is 356 g/mol. The molecule has 0 aromatic heterocycles. The van der Waals surface area contributed by atoms with E-state index in [4.69, 9.17) is 28.9 Å². The van der Waals surface area contributed by atoms with Crippen LogP contribution in [0.5, 0.6) is 0 Å². The van der Waals surface area contributed by atoms with Gasteiger partial charge in [-0.1, -0.05) is 23.2 Å². The van der Waals surface area contributed by atoms with Crippen molar-refractivity contribution in [1.82, 2.24) is 4.90 Å². The van der Waals surface area contributed by atoms with E-state index in [9.17, 15) is 9.59 Å². The number of benzene rings is 1. The summed E-state index contributed by atoms with van der Waals surface area (Å²) in [5, 5.41) is 0.844. The largest absolute Gasteiger partial charge is 0.342 e. The third-order valence-electron chi connectivity index (χ3n) is 4.57. The number of likely N-dealkylation sites (tertiary alicyclic amines) is 1. The number of carbonyl (C=O) groups is 2. The number of hydrogen-bond donors (Lipinski definition) is 1. The fraction of sp³-hybridized carbons (Fsp3) is 0.500. The lowest BCUT2D eigenvalue weighted by molar-refractivity contribution is -0.140. The van der Waals surface area contributed by atoms with E-state index >= 15 is 0 Å². The summed E-state index contributed by atoms with van der Waals surface area (Å²) < 4.78 is 0. The van der Waals surface area contributed by atoms with Crippen molar-refractivity contribution in [2.45, 2.75) is 25.3 Å². The van der Waals surface area contributed by atoms with Crippen molar-refractivity contribution in [2.75, 3.05) is 24.5 Å². The van der Waals surface area contributed by atoms with Gasteiger partial charge in [0.25, 0.3) is 0 Å². The summed E-state index contributed by atoms with van der Waals surface area (Å²) in [6.07, 6.45) is 2.12. The molecule has 7 heteroatoms. The van der Waals surface area contributed by atoms with E-state index in [1.54, 1.807) is 28.0 Å². The van der Waals surface area contributed by atoms with E-state index in [2.05, 4.69) is 0 Å². The molecule has 2 saturated heterocycles. The highest BCUT2D eigenvalue weighted by molar-refractivity contribution is 6.42. The fourth-order valence-electron chi connectivity index (χ4n) is 3.16. The molecule has 2 aliphatic heterocycles. The Balaban J connectivity index is 1.71. The first kappa shape index (κ1) is 16.6. The number of hydrogen-bond acceptors (Lipinski definition) is 3. The molecule has 2 N–H and O–H groups in total. The van der Waals surface area contributed by atoms with Crippen molar-refractivity contribution in [3.8, 4) is 0 Å². The van der Waals surface area contributed by atoms with Gasteiger partial charge in [-0.25, -0.2) is 0 Å². The molecule has 1 aromatic rings. The Kier molecular flexibility index (Phi) is 4.80. The first-order valence-corrected chi connectivity index (χ1v) is 8.54. The summed E-state index contributed by atoms with van der Waals surface area (Å²) in [6, 6.07) is 5.23. The molecule has 5 nitrogen and oxygen atoms in total. The second kappa shape index (κ2) is 6.67. The molecule has 2 amide bonds. The first-order chi connectivity index (χ1) is 11.0. The van der Waals surface area contributed by atoms with Crippen molar-refractivity contribution in [2.24, 2.45) is 11.7 Å². The van der Waals surface area contributed by atoms with Crippen LogP contribution in [-0.2, 0) is 9.59 Å². The number of rotatable bonds is 2. The lowest BCUT2D eigenvalue weighted by Gasteiger charge is -2.31. The number of amides is 2. The monoisotopic (exact) mass is 355 g/mol. The summed E-state index contributed by atoms with van der Waals surface area (Å²) in [5.74, 6) is -0.841. The zero-order valence-electron chi connectivity index (χ0n) is 12.7. The lowest BCUT2D eigenvalue weighted by Crippen LogP contribution is -2.46. The molecule has 2 aliphatic rings. The van der Waals surface area contributed by atoms with Crippen LogP contribution in [0.25, 0.3) is 0 Å². The molecule has 0 radical (unpaired) electrons. The molecule has 23 heavy (non-hydrogen) atoms. The zero-order chi connectivity index (χ0) is 16.6. The maximum atomic E-state index is 12.6. The lowest BCUT2D eigenvalue weighted by atomic mass is 10.0. The van der Waals surface area contributed by atoms with Crippen molar-refractivity contribution >= 4 is 40.7 Å². The van der Waals surface area contributed by atoms with Crippen molar-refractivity contribution in [3.05, 3.63) is 28.2 Å². The van der Waals surface area contributed by atoms with Crippen LogP contribution in [0.15, 0.2) is 18.2 Å². The number of piperidine rings is 1. The van der Waals surface area contributed by atoms with Crippen molar-refractivity contribution < 1.29 is 9.59 Å². The highest BCUT2D eigenvalue weighted by atomic mass is 35.5. The number of carbonyl (C=O) groups excluding carboxylic acids is 2. The Bertz CT molecular complexity index is 630. The third kappa shape index (κ3) is 3.32. The number of nitrogens with two attached hydrogens (primary N) is 1. The molecule has 0 bridgehead atoms. The van der Waals surface area contributed by atoms with Gasteiger partial charge in [0, 0.05) is 31.4 Å². The predicted molar refractivity (Wildman–Crippen MR) is 90.7 cm³/mol. The van der Waals surface area contributed by atoms with Crippen LogP contribution in [0.2, 0.25) is 10.0 Å². The van der Waals surface area contributed by atoms with Crippen LogP contribution in [-0.4, -0.2) is 42.4 Å². The fourth-order valence-corrected chi connectivity index (χ4v) is 3.45. The number of halogens is 2. The van der Waals surface area contributed by atoms with E-state index in [0.717, 1.165) is 12.8 Å². The minimum Gasteiger partial charge on any atom is -0.342 e. The second-order valence-corrected chi connectivity index (χ2v) is 6.91. The van der Waals surface area contributed by atoms with Crippen LogP contribution >= 0.6 is 23.2 Å². The van der Waals surface area contributed by atoms with Crippen LogP contribution in [0.4, 0.5) is 5.69 Å². The summed E-state index contributed by atoms with van der Waals surface area (Å²) in [7, 11) is 0. The zero-order valence-corrected chi connectivity index (χ0v) is 14.2. The van der Waals surface area contributed by atoms with Crippen molar-refractivity contribution in [3.63, 3.8) is 0 Å². The van der Waals surface area contributed by atoms with E-state index < -0.39 is 5.92 Å². The van der Waals surface area contributed by atoms with Gasteiger partial charge in [0.05, 0.1) is 10.0 Å². The molecule has 1 atom stereocenters. The quantitative estimate of drug-likeness (QED) is 0.827. The SMILES string of the molecule is NC1CCN(C(=O)C2CCN(c3ccc(Cl)c(Cl)c3)C2=O)CC1. The van der Waals surface area contributed by atoms with E-state index in [-0.39, 0.29) is 17.9 Å². The summed E-state index contributed by atoms with van der Waals surface area (Å²) >= 11 is 11.9. The molecular formula is C16H19Cl2N3O2. The van der Waals surface area contributed by atoms with E-state index in [0.29, 0.717) is 41.8 Å². The Morgan fingerprint density at radius 2 is 1.78 bits per heavy atom. The van der Waals surface area contributed by atoms with Crippen LogP contribution in [0, 0.1) is 5.92 Å². The van der Waals surface area contributed by atoms with E-state index in [1.165, 1.54) is 0 Å². The van der Waals surface area contributed by atoms with Gasteiger partial charge < -0.3 is 15.5 Å². The van der Waals surface area contributed by atoms with Crippen LogP contribution in [0.3, 0.4) is 0 Å². The molecule has 0 spiro atoms. The number of anilines is 1. The van der Waals surface area contributed by atoms with Gasteiger partial charge in [-0.3, -0.25) is 9.59 Å². The molecule has 3 rings (SSSR count). The standard InChI is InChI=1S/C16H19Cl2N3O2/c17-13-2-1-11(9-14(13)18)21-8-5-12(16(21)23)15(22)20-6-3-10(19)4-7-20/h1-2,9-10,12H,3-8,19H2. The highest BCUT2D eigenvalue weighted by Crippen LogP contribution is 2.31. The number of nitrogens with zero attached hydrogens (tertiary/aromatic N) is 2. The highest BCUT2D eigenvalue weighted by Gasteiger charge is 2.40. The Hall–Kier alpha value is -1.30. The van der Waals surface area contributed by atoms with Gasteiger partial charge in [0.1, 0.15) is 5.92 Å². The minimum atomic E-state index is -0.598. The normalized spacial score (nSPS) is 22.7. The van der Waals surface area contributed by atoms with Gasteiger partial charge in [0.2, 0.25) is 11.8 Å². The van der Waals surface area contributed by atoms with Crippen LogP contribution in [0.1, 0.15) is 19.3 Å². The molecule has 2 fully saturated rings. The molecular weight excluding hydrogens is 337 g/mol. The van der Waals surface area contributed by atoms with Gasteiger partial charge >= 0.3 is 0 Å². The minimum absolute atomic E-state index is 0.0792. The van der Waals surface area contributed by atoms with Gasteiger partial charge in [0.15, 0.2) is 0 Å². The van der Waals surface area contributed by atoms with E-state index in [1.807, 2.05) is 0 Å². The summed E-state index contributed by atoms with van der Waals surface area (Å²) in [5.41, 5.74) is 6.55. The Morgan fingerprint density at radius 1 is 1.09 bits per heavy atom. The third-order valence-corrected chi connectivity index (χ3v) is 5.31. The topological polar surface area (TPSA) is 66.6 Å². The molecule has 2 heterocycles. The Morgan fingerprint density at radius 3 is 2.43 bits per heavy atom. The predicted octanol–water partition coefficient (Wildman–Crippen LogP) is 2.30. The molecule has 124 valence electrons. The first-order valence-electron chi connectivity index (χ1n) is 7.78. The Labute approximate surface area is 145 Å². The smallest absolute Gasteiger partial charge is 0.239 e. The van der Waals surface area contributed by atoms with Gasteiger partial charge in [-0.2, -0.15) is 0 Å². The second-order valence-electron chi connectivity index (χ2n) is 6.09. The summed E-state index contributed by atoms with van der Waals surface area (Å²) in [4.78, 5) is 28.6. The molecule has 0 aliphatic carbocycles. The molecule has 1 aromatic carbocycles. The molecule has 0 saturated carbocycles. The summed E-state index contributed by atoms with van der Waals surface area (Å²) in [6.45, 7) is 1.79.